The van der Waals surface area contributed by atoms with E-state index in [1.165, 1.54) is 0 Å². The van der Waals surface area contributed by atoms with Crippen LogP contribution in [0.15, 0.2) is 47.5 Å². The van der Waals surface area contributed by atoms with Gasteiger partial charge in [0.1, 0.15) is 17.7 Å². The number of hydrogen-bond acceptors (Lipinski definition) is 4. The molecule has 2 atom stereocenters. The molecule has 6 heteroatoms. The molecule has 1 heterocycles. The average molecular weight is 428 g/mol. The molecule has 3 N–H and O–H groups in total. The summed E-state index contributed by atoms with van der Waals surface area (Å²) in [6, 6.07) is 13.8. The van der Waals surface area contributed by atoms with Crippen LogP contribution in [0.25, 0.3) is 11.1 Å². The van der Waals surface area contributed by atoms with Crippen molar-refractivity contribution in [3.8, 4) is 16.9 Å². The monoisotopic (exact) mass is 427 g/mol. The topological polar surface area (TPSA) is 80.7 Å². The molecule has 3 rings (SSSR count). The molecular formula is C24H30ClN3O2. The average Bonchev–Trinajstić information content (AvgIpc) is 2.73. The number of amidine groups is 1. The van der Waals surface area contributed by atoms with E-state index in [-0.39, 0.29) is 18.0 Å². The summed E-state index contributed by atoms with van der Waals surface area (Å²) < 4.78 is 12.0. The molecule has 0 amide bonds. The van der Waals surface area contributed by atoms with Crippen molar-refractivity contribution in [1.82, 2.24) is 0 Å². The van der Waals surface area contributed by atoms with Crippen LogP contribution in [0.4, 0.5) is 0 Å². The first-order valence-electron chi connectivity index (χ1n) is 10.5. The summed E-state index contributed by atoms with van der Waals surface area (Å²) in [4.78, 5) is 4.76. The number of rotatable bonds is 9. The molecule has 1 aliphatic rings. The number of unbranched alkanes of at least 4 members (excludes halogenated alkanes) is 1. The van der Waals surface area contributed by atoms with Gasteiger partial charge in [-0.05, 0) is 48.7 Å². The SMILES string of the molecule is CCCCOCCC1CC(N=C(C)C(=N)N)c2cc(-c3cccc(Cl)c3)ccc2O1. The number of fused-ring (bicyclic) bond motifs is 1. The highest BCUT2D eigenvalue weighted by atomic mass is 35.5. The summed E-state index contributed by atoms with van der Waals surface area (Å²) in [7, 11) is 0. The lowest BCUT2D eigenvalue weighted by molar-refractivity contribution is 0.0776. The Morgan fingerprint density at radius 2 is 2.03 bits per heavy atom. The van der Waals surface area contributed by atoms with Gasteiger partial charge in [0.05, 0.1) is 18.4 Å². The molecule has 0 radical (unpaired) electrons. The second-order valence-electron chi connectivity index (χ2n) is 7.64. The zero-order chi connectivity index (χ0) is 21.5. The number of ether oxygens (including phenoxy) is 2. The molecule has 2 aromatic carbocycles. The predicted octanol–water partition coefficient (Wildman–Crippen LogP) is 5.80. The molecule has 0 saturated carbocycles. The Kier molecular flexibility index (Phi) is 7.88. The van der Waals surface area contributed by atoms with E-state index in [4.69, 9.17) is 37.2 Å². The Morgan fingerprint density at radius 3 is 2.77 bits per heavy atom. The van der Waals surface area contributed by atoms with Crippen LogP contribution in [0.1, 0.15) is 51.1 Å². The molecule has 0 bridgehead atoms. The lowest BCUT2D eigenvalue weighted by Crippen LogP contribution is -2.28. The van der Waals surface area contributed by atoms with Crippen molar-refractivity contribution in [3.05, 3.63) is 53.1 Å². The molecule has 0 aliphatic carbocycles. The van der Waals surface area contributed by atoms with Gasteiger partial charge in [0, 0.05) is 30.0 Å². The molecule has 30 heavy (non-hydrogen) atoms. The second-order valence-corrected chi connectivity index (χ2v) is 8.07. The fourth-order valence-corrected chi connectivity index (χ4v) is 3.72. The molecule has 2 unspecified atom stereocenters. The lowest BCUT2D eigenvalue weighted by atomic mass is 9.92. The van der Waals surface area contributed by atoms with Crippen molar-refractivity contribution in [2.24, 2.45) is 10.7 Å². The van der Waals surface area contributed by atoms with Gasteiger partial charge < -0.3 is 15.2 Å². The first-order chi connectivity index (χ1) is 14.5. The Balaban J connectivity index is 1.85. The van der Waals surface area contributed by atoms with Crippen LogP contribution in [0, 0.1) is 5.41 Å². The van der Waals surface area contributed by atoms with E-state index in [9.17, 15) is 0 Å². The lowest BCUT2D eigenvalue weighted by Gasteiger charge is -2.31. The molecule has 0 aromatic heterocycles. The molecule has 160 valence electrons. The van der Waals surface area contributed by atoms with Crippen molar-refractivity contribution >= 4 is 23.1 Å². The van der Waals surface area contributed by atoms with Crippen LogP contribution in [-0.2, 0) is 4.74 Å². The van der Waals surface area contributed by atoms with Gasteiger partial charge in [-0.3, -0.25) is 10.4 Å². The number of nitrogens with two attached hydrogens (primary N) is 1. The summed E-state index contributed by atoms with van der Waals surface area (Å²) in [6.07, 6.45) is 3.76. The molecule has 5 nitrogen and oxygen atoms in total. The number of nitrogens with one attached hydrogen (secondary N) is 1. The largest absolute Gasteiger partial charge is 0.490 e. The van der Waals surface area contributed by atoms with Gasteiger partial charge in [-0.2, -0.15) is 0 Å². The summed E-state index contributed by atoms with van der Waals surface area (Å²) in [5.74, 6) is 0.823. The quantitative estimate of drug-likeness (QED) is 0.301. The Bertz CT molecular complexity index is 913. The van der Waals surface area contributed by atoms with Gasteiger partial charge in [0.15, 0.2) is 0 Å². The molecule has 1 aliphatic heterocycles. The van der Waals surface area contributed by atoms with Crippen LogP contribution in [0.3, 0.4) is 0 Å². The zero-order valence-electron chi connectivity index (χ0n) is 17.7. The van der Waals surface area contributed by atoms with Gasteiger partial charge in [-0.15, -0.1) is 0 Å². The first-order valence-corrected chi connectivity index (χ1v) is 10.9. The number of halogens is 1. The van der Waals surface area contributed by atoms with Crippen molar-refractivity contribution in [1.29, 1.82) is 5.41 Å². The van der Waals surface area contributed by atoms with Gasteiger partial charge in [-0.1, -0.05) is 43.1 Å². The van der Waals surface area contributed by atoms with Crippen molar-refractivity contribution in [3.63, 3.8) is 0 Å². The van der Waals surface area contributed by atoms with E-state index in [2.05, 4.69) is 13.0 Å². The number of aliphatic imine (C=N–C) groups is 1. The standard InChI is InChI=1S/C24H30ClN3O2/c1-3-4-11-29-12-10-20-15-22(28-16(2)24(26)27)21-14-18(8-9-23(21)30-20)17-6-5-7-19(25)13-17/h5-9,13-14,20,22H,3-4,10-12,15H2,1-2H3,(H3,26,27). The fraction of sp³-hybridized carbons (Fsp3) is 0.417. The molecular weight excluding hydrogens is 398 g/mol. The number of hydrogen-bond donors (Lipinski definition) is 2. The third-order valence-electron chi connectivity index (χ3n) is 5.27. The molecule has 0 saturated heterocycles. The number of benzene rings is 2. The van der Waals surface area contributed by atoms with E-state index < -0.39 is 0 Å². The van der Waals surface area contributed by atoms with Crippen LogP contribution < -0.4 is 10.5 Å². The maximum absolute atomic E-state index is 7.71. The predicted molar refractivity (Wildman–Crippen MR) is 124 cm³/mol. The molecule has 2 aromatic rings. The van der Waals surface area contributed by atoms with Crippen molar-refractivity contribution in [2.75, 3.05) is 13.2 Å². The first kappa shape index (κ1) is 22.3. The highest BCUT2D eigenvalue weighted by molar-refractivity contribution is 6.38. The van der Waals surface area contributed by atoms with Crippen LogP contribution in [0.2, 0.25) is 5.02 Å². The van der Waals surface area contributed by atoms with E-state index in [1.807, 2.05) is 36.4 Å². The van der Waals surface area contributed by atoms with E-state index in [0.717, 1.165) is 54.7 Å². The minimum absolute atomic E-state index is 0.00603. The van der Waals surface area contributed by atoms with E-state index in [0.29, 0.717) is 17.3 Å². The van der Waals surface area contributed by atoms with E-state index >= 15 is 0 Å². The minimum atomic E-state index is -0.113. The van der Waals surface area contributed by atoms with Crippen LogP contribution >= 0.6 is 11.6 Å². The maximum Gasteiger partial charge on any atom is 0.136 e. The van der Waals surface area contributed by atoms with Crippen LogP contribution in [-0.4, -0.2) is 30.9 Å². The second kappa shape index (κ2) is 10.6. The highest BCUT2D eigenvalue weighted by Crippen LogP contribution is 2.40. The third kappa shape index (κ3) is 5.83. The molecule has 0 spiro atoms. The Hall–Kier alpha value is -2.37. The maximum atomic E-state index is 7.71. The number of nitrogens with zero attached hydrogens (tertiary/aromatic N) is 1. The molecule has 0 fully saturated rings. The highest BCUT2D eigenvalue weighted by Gasteiger charge is 2.28. The minimum Gasteiger partial charge on any atom is -0.490 e. The van der Waals surface area contributed by atoms with Gasteiger partial charge in [0.25, 0.3) is 0 Å². The Morgan fingerprint density at radius 1 is 1.23 bits per heavy atom. The normalized spacial score (nSPS) is 18.6. The van der Waals surface area contributed by atoms with Gasteiger partial charge in [-0.25, -0.2) is 0 Å². The van der Waals surface area contributed by atoms with Gasteiger partial charge in [0.2, 0.25) is 0 Å². The third-order valence-corrected chi connectivity index (χ3v) is 5.51. The summed E-state index contributed by atoms with van der Waals surface area (Å²) in [5, 5.41) is 8.41. The van der Waals surface area contributed by atoms with Crippen LogP contribution in [0.5, 0.6) is 5.75 Å². The zero-order valence-corrected chi connectivity index (χ0v) is 18.4. The van der Waals surface area contributed by atoms with Crippen molar-refractivity contribution in [2.45, 2.75) is 51.7 Å². The summed E-state index contributed by atoms with van der Waals surface area (Å²) >= 11 is 6.17. The van der Waals surface area contributed by atoms with E-state index in [1.54, 1.807) is 6.92 Å². The smallest absolute Gasteiger partial charge is 0.136 e. The van der Waals surface area contributed by atoms with Gasteiger partial charge >= 0.3 is 0 Å². The Labute approximate surface area is 183 Å². The summed E-state index contributed by atoms with van der Waals surface area (Å²) in [5.41, 5.74) is 9.31. The summed E-state index contributed by atoms with van der Waals surface area (Å²) in [6.45, 7) is 5.39. The fourth-order valence-electron chi connectivity index (χ4n) is 3.53. The van der Waals surface area contributed by atoms with Crippen molar-refractivity contribution < 1.29 is 9.47 Å².